The Labute approximate surface area is 146 Å². The van der Waals surface area contributed by atoms with Crippen molar-refractivity contribution in [2.75, 3.05) is 13.1 Å². The third kappa shape index (κ3) is 3.95. The molecule has 2 aromatic rings. The van der Waals surface area contributed by atoms with Crippen molar-refractivity contribution in [3.8, 4) is 0 Å². The van der Waals surface area contributed by atoms with E-state index in [0.717, 1.165) is 15.9 Å². The maximum Gasteiger partial charge on any atom is 0.305 e. The summed E-state index contributed by atoms with van der Waals surface area (Å²) in [6.45, 7) is 8.99. The summed E-state index contributed by atoms with van der Waals surface area (Å²) in [6, 6.07) is 1.90. The van der Waals surface area contributed by atoms with E-state index < -0.39 is 5.97 Å². The molecule has 2 aromatic heterocycles. The zero-order chi connectivity index (χ0) is 18.0. The molecule has 132 valence electrons. The number of carboxylic acids is 1. The number of aliphatic carboxylic acids is 1. The number of carbonyl (C=O) groups excluding carboxylic acids is 1. The Morgan fingerprint density at radius 3 is 2.54 bits per heavy atom. The van der Waals surface area contributed by atoms with Gasteiger partial charge < -0.3 is 10.0 Å². The van der Waals surface area contributed by atoms with Crippen LogP contribution in [0.15, 0.2) is 6.07 Å². The van der Waals surface area contributed by atoms with Crippen LogP contribution in [0.25, 0.3) is 10.2 Å². The third-order valence-electron chi connectivity index (χ3n) is 3.77. The highest BCUT2D eigenvalue weighted by Crippen LogP contribution is 2.32. The lowest BCUT2D eigenvalue weighted by molar-refractivity contribution is -0.137. The molecule has 0 spiro atoms. The summed E-state index contributed by atoms with van der Waals surface area (Å²) in [6.07, 6.45) is -0.0395. The van der Waals surface area contributed by atoms with Crippen LogP contribution in [0.5, 0.6) is 0 Å². The first-order valence-electron chi connectivity index (χ1n) is 8.18. The molecule has 0 saturated heterocycles. The maximum absolute atomic E-state index is 12.9. The third-order valence-corrected chi connectivity index (χ3v) is 4.96. The van der Waals surface area contributed by atoms with Gasteiger partial charge in [-0.2, -0.15) is 5.10 Å². The minimum absolute atomic E-state index is 0.0395. The van der Waals surface area contributed by atoms with Gasteiger partial charge in [-0.05, 0) is 17.9 Å². The van der Waals surface area contributed by atoms with Gasteiger partial charge in [0.25, 0.3) is 5.91 Å². The number of hydrogen-bond donors (Lipinski definition) is 1. The molecular weight excluding hydrogens is 326 g/mol. The molecule has 0 unspecified atom stereocenters. The second-order valence-electron chi connectivity index (χ2n) is 6.78. The molecule has 0 aliphatic carbocycles. The summed E-state index contributed by atoms with van der Waals surface area (Å²) in [5.41, 5.74) is 0.990. The summed E-state index contributed by atoms with van der Waals surface area (Å²) in [4.78, 5) is 27.0. The fourth-order valence-electron chi connectivity index (χ4n) is 2.70. The number of amides is 1. The monoisotopic (exact) mass is 351 g/mol. The van der Waals surface area contributed by atoms with Gasteiger partial charge in [0.2, 0.25) is 0 Å². The summed E-state index contributed by atoms with van der Waals surface area (Å²) in [5.74, 6) is -0.421. The number of thiophene rings is 1. The molecule has 0 saturated carbocycles. The quantitative estimate of drug-likeness (QED) is 0.830. The van der Waals surface area contributed by atoms with Gasteiger partial charge >= 0.3 is 5.97 Å². The number of aromatic nitrogens is 2. The lowest BCUT2D eigenvalue weighted by Crippen LogP contribution is -2.35. The number of nitrogens with zero attached hydrogens (tertiary/aromatic N) is 3. The van der Waals surface area contributed by atoms with E-state index in [0.29, 0.717) is 11.4 Å². The largest absolute Gasteiger partial charge is 0.481 e. The molecule has 0 bridgehead atoms. The number of fused-ring (bicyclic) bond motifs is 1. The Kier molecular flexibility index (Phi) is 5.64. The van der Waals surface area contributed by atoms with E-state index in [1.807, 2.05) is 31.6 Å². The highest BCUT2D eigenvalue weighted by molar-refractivity contribution is 7.20. The highest BCUT2D eigenvalue weighted by Gasteiger charge is 2.23. The standard InChI is InChI=1S/C17H25N3O3S/c1-10(2)9-20(7-6-14(21)22)16(23)13-8-12-15(11(3)4)18-19(5)17(12)24-13/h8,10-11H,6-7,9H2,1-5H3,(H,21,22). The van der Waals surface area contributed by atoms with Crippen molar-refractivity contribution in [1.82, 2.24) is 14.7 Å². The lowest BCUT2D eigenvalue weighted by Gasteiger charge is -2.23. The molecular formula is C17H25N3O3S. The number of hydrogen-bond acceptors (Lipinski definition) is 4. The van der Waals surface area contributed by atoms with Gasteiger partial charge in [0, 0.05) is 25.5 Å². The average molecular weight is 351 g/mol. The van der Waals surface area contributed by atoms with Crippen molar-refractivity contribution in [3.05, 3.63) is 16.6 Å². The molecule has 24 heavy (non-hydrogen) atoms. The predicted octanol–water partition coefficient (Wildman–Crippen LogP) is 3.33. The van der Waals surface area contributed by atoms with Crippen LogP contribution in [0.3, 0.4) is 0 Å². The van der Waals surface area contributed by atoms with Crippen molar-refractivity contribution in [2.24, 2.45) is 13.0 Å². The predicted molar refractivity (Wildman–Crippen MR) is 95.7 cm³/mol. The van der Waals surface area contributed by atoms with Crippen LogP contribution in [-0.4, -0.2) is 44.8 Å². The molecule has 7 heteroatoms. The summed E-state index contributed by atoms with van der Waals surface area (Å²) < 4.78 is 1.82. The molecule has 2 heterocycles. The van der Waals surface area contributed by atoms with Gasteiger partial charge in [-0.15, -0.1) is 11.3 Å². The molecule has 0 radical (unpaired) electrons. The van der Waals surface area contributed by atoms with Gasteiger partial charge in [0.1, 0.15) is 4.83 Å². The smallest absolute Gasteiger partial charge is 0.305 e. The minimum atomic E-state index is -0.890. The fourth-order valence-corrected chi connectivity index (χ4v) is 3.75. The number of carbonyl (C=O) groups is 2. The first kappa shape index (κ1) is 18.4. The van der Waals surface area contributed by atoms with Crippen LogP contribution in [0, 0.1) is 5.92 Å². The topological polar surface area (TPSA) is 75.4 Å². The molecule has 6 nitrogen and oxygen atoms in total. The van der Waals surface area contributed by atoms with Gasteiger partial charge in [-0.1, -0.05) is 27.7 Å². The second-order valence-corrected chi connectivity index (χ2v) is 7.81. The van der Waals surface area contributed by atoms with Crippen molar-refractivity contribution >= 4 is 33.4 Å². The van der Waals surface area contributed by atoms with E-state index in [-0.39, 0.29) is 30.7 Å². The molecule has 1 N–H and O–H groups in total. The molecule has 0 fully saturated rings. The molecule has 2 rings (SSSR count). The van der Waals surface area contributed by atoms with Gasteiger partial charge in [0.15, 0.2) is 0 Å². The zero-order valence-electron chi connectivity index (χ0n) is 14.9. The zero-order valence-corrected chi connectivity index (χ0v) is 15.7. The Morgan fingerprint density at radius 1 is 1.33 bits per heavy atom. The first-order valence-corrected chi connectivity index (χ1v) is 8.99. The van der Waals surface area contributed by atoms with Crippen molar-refractivity contribution in [3.63, 3.8) is 0 Å². The maximum atomic E-state index is 12.9. The molecule has 0 aliphatic heterocycles. The molecule has 0 aliphatic rings. The van der Waals surface area contributed by atoms with E-state index in [1.165, 1.54) is 11.3 Å². The van der Waals surface area contributed by atoms with Crippen LogP contribution >= 0.6 is 11.3 Å². The Morgan fingerprint density at radius 2 is 2.00 bits per heavy atom. The van der Waals surface area contributed by atoms with Crippen LogP contribution in [0.2, 0.25) is 0 Å². The van der Waals surface area contributed by atoms with E-state index in [4.69, 9.17) is 5.11 Å². The van der Waals surface area contributed by atoms with Crippen molar-refractivity contribution in [2.45, 2.75) is 40.0 Å². The number of rotatable bonds is 7. The van der Waals surface area contributed by atoms with Crippen LogP contribution in [-0.2, 0) is 11.8 Å². The Hall–Kier alpha value is -1.89. The Balaban J connectivity index is 2.33. The van der Waals surface area contributed by atoms with Crippen molar-refractivity contribution < 1.29 is 14.7 Å². The molecule has 1 amide bonds. The summed E-state index contributed by atoms with van der Waals surface area (Å²) in [7, 11) is 1.88. The minimum Gasteiger partial charge on any atom is -0.481 e. The van der Waals surface area contributed by atoms with Gasteiger partial charge in [0.05, 0.1) is 17.0 Å². The van der Waals surface area contributed by atoms with E-state index in [1.54, 1.807) is 4.90 Å². The van der Waals surface area contributed by atoms with Crippen LogP contribution in [0.1, 0.15) is 55.4 Å². The summed E-state index contributed by atoms with van der Waals surface area (Å²) in [5, 5.41) is 14.5. The SMILES string of the molecule is CC(C)CN(CCC(=O)O)C(=O)c1cc2c(C(C)C)nn(C)c2s1. The lowest BCUT2D eigenvalue weighted by atomic mass is 10.1. The average Bonchev–Trinajstić information content (AvgIpc) is 3.03. The summed E-state index contributed by atoms with van der Waals surface area (Å²) >= 11 is 1.42. The first-order chi connectivity index (χ1) is 11.2. The van der Waals surface area contributed by atoms with E-state index >= 15 is 0 Å². The number of aryl methyl sites for hydroxylation is 1. The number of carboxylic acid groups (broad SMARTS) is 1. The highest BCUT2D eigenvalue weighted by atomic mass is 32.1. The molecule has 0 aromatic carbocycles. The van der Waals surface area contributed by atoms with Gasteiger partial charge in [-0.25, -0.2) is 0 Å². The van der Waals surface area contributed by atoms with E-state index in [2.05, 4.69) is 18.9 Å². The Bertz CT molecular complexity index is 746. The molecule has 0 atom stereocenters. The van der Waals surface area contributed by atoms with Gasteiger partial charge in [-0.3, -0.25) is 14.3 Å². The second kappa shape index (κ2) is 7.34. The normalized spacial score (nSPS) is 11.6. The fraction of sp³-hybridized carbons (Fsp3) is 0.588. The van der Waals surface area contributed by atoms with E-state index in [9.17, 15) is 9.59 Å². The van der Waals surface area contributed by atoms with Crippen molar-refractivity contribution in [1.29, 1.82) is 0 Å². The van der Waals surface area contributed by atoms with Crippen LogP contribution in [0.4, 0.5) is 0 Å². The van der Waals surface area contributed by atoms with Crippen LogP contribution < -0.4 is 0 Å².